The molecule has 0 aliphatic carbocycles. The first-order valence-corrected chi connectivity index (χ1v) is 4.97. The van der Waals surface area contributed by atoms with Gasteiger partial charge in [-0.1, -0.05) is 0 Å². The summed E-state index contributed by atoms with van der Waals surface area (Å²) in [6, 6.07) is 0.675. The topological polar surface area (TPSA) is 39.2 Å². The average Bonchev–Trinajstić information content (AvgIpc) is 2.12. The third kappa shape index (κ3) is 3.41. The van der Waals surface area contributed by atoms with Gasteiger partial charge in [-0.2, -0.15) is 13.2 Å². The number of carbonyl (C=O) groups excluding carboxylic acids is 1. The molecule has 0 aliphatic rings. The highest BCUT2D eigenvalue weighted by molar-refractivity contribution is 5.91. The number of alkyl halides is 3. The molecule has 0 saturated heterocycles. The highest BCUT2D eigenvalue weighted by Gasteiger charge is 2.40. The predicted octanol–water partition coefficient (Wildman–Crippen LogP) is 3.19. The van der Waals surface area contributed by atoms with E-state index in [1.54, 1.807) is 0 Å². The molecule has 100 valence electrons. The Hall–Kier alpha value is -1.66. The minimum atomic E-state index is -4.92. The van der Waals surface area contributed by atoms with Crippen molar-refractivity contribution < 1.29 is 27.1 Å². The highest BCUT2D eigenvalue weighted by atomic mass is 19.4. The second kappa shape index (κ2) is 4.55. The van der Waals surface area contributed by atoms with Gasteiger partial charge in [-0.05, 0) is 26.8 Å². The van der Waals surface area contributed by atoms with Crippen LogP contribution in [0, 0.1) is 5.82 Å². The number of hydrogen-bond donors (Lipinski definition) is 0. The van der Waals surface area contributed by atoms with Crippen molar-refractivity contribution in [3.05, 3.63) is 29.3 Å². The standard InChI is InChI=1S/C11H11F4NO2/c1-10(2,3)18-9(17)7-6(12)4-5-16-8(7)11(13,14)15/h4-5H,1-3H3. The van der Waals surface area contributed by atoms with Gasteiger partial charge in [0.1, 0.15) is 17.0 Å². The van der Waals surface area contributed by atoms with Crippen molar-refractivity contribution in [1.82, 2.24) is 4.98 Å². The highest BCUT2D eigenvalue weighted by Crippen LogP contribution is 2.32. The van der Waals surface area contributed by atoms with Gasteiger partial charge in [0.2, 0.25) is 0 Å². The molecule has 0 spiro atoms. The molecule has 0 amide bonds. The van der Waals surface area contributed by atoms with Crippen LogP contribution in [0.1, 0.15) is 36.8 Å². The van der Waals surface area contributed by atoms with Gasteiger partial charge in [-0.15, -0.1) is 0 Å². The lowest BCUT2D eigenvalue weighted by molar-refractivity contribution is -0.142. The van der Waals surface area contributed by atoms with Gasteiger partial charge in [-0.25, -0.2) is 9.18 Å². The second-order valence-electron chi connectivity index (χ2n) is 4.52. The Bertz CT molecular complexity index is 463. The van der Waals surface area contributed by atoms with Gasteiger partial charge in [0.15, 0.2) is 5.69 Å². The molecule has 0 saturated carbocycles. The maximum absolute atomic E-state index is 13.4. The van der Waals surface area contributed by atoms with Crippen LogP contribution in [0.2, 0.25) is 0 Å². The van der Waals surface area contributed by atoms with Gasteiger partial charge in [0.05, 0.1) is 0 Å². The smallest absolute Gasteiger partial charge is 0.434 e. The van der Waals surface area contributed by atoms with Gasteiger partial charge >= 0.3 is 12.1 Å². The van der Waals surface area contributed by atoms with E-state index >= 15 is 0 Å². The summed E-state index contributed by atoms with van der Waals surface area (Å²) in [6.07, 6.45) is -4.28. The molecule has 3 nitrogen and oxygen atoms in total. The van der Waals surface area contributed by atoms with Gasteiger partial charge in [-0.3, -0.25) is 4.98 Å². The maximum Gasteiger partial charge on any atom is 0.434 e. The van der Waals surface area contributed by atoms with E-state index in [0.29, 0.717) is 12.3 Å². The Labute approximate surface area is 101 Å². The van der Waals surface area contributed by atoms with Crippen molar-refractivity contribution in [1.29, 1.82) is 0 Å². The minimum Gasteiger partial charge on any atom is -0.456 e. The number of hydrogen-bond acceptors (Lipinski definition) is 3. The second-order valence-corrected chi connectivity index (χ2v) is 4.52. The third-order valence-corrected chi connectivity index (χ3v) is 1.77. The summed E-state index contributed by atoms with van der Waals surface area (Å²) < 4.78 is 55.8. The van der Waals surface area contributed by atoms with Crippen molar-refractivity contribution in [3.8, 4) is 0 Å². The summed E-state index contributed by atoms with van der Waals surface area (Å²) in [5.74, 6) is -2.70. The lowest BCUT2D eigenvalue weighted by Gasteiger charge is -2.20. The molecule has 1 rings (SSSR count). The summed E-state index contributed by atoms with van der Waals surface area (Å²) in [6.45, 7) is 4.39. The van der Waals surface area contributed by atoms with E-state index < -0.39 is 34.8 Å². The van der Waals surface area contributed by atoms with Crippen LogP contribution < -0.4 is 0 Å². The number of pyridine rings is 1. The van der Waals surface area contributed by atoms with E-state index in [-0.39, 0.29) is 0 Å². The van der Waals surface area contributed by atoms with Crippen molar-refractivity contribution >= 4 is 5.97 Å². The third-order valence-electron chi connectivity index (χ3n) is 1.77. The molecule has 0 atom stereocenters. The molecule has 1 heterocycles. The number of aromatic nitrogens is 1. The fourth-order valence-electron chi connectivity index (χ4n) is 1.18. The van der Waals surface area contributed by atoms with E-state index in [0.717, 1.165) is 0 Å². The van der Waals surface area contributed by atoms with Crippen LogP contribution >= 0.6 is 0 Å². The Kier molecular flexibility index (Phi) is 3.64. The number of carbonyl (C=O) groups is 1. The molecule has 1 aromatic heterocycles. The molecule has 0 fully saturated rings. The molecule has 1 aromatic rings. The summed E-state index contributed by atoms with van der Waals surface area (Å²) in [5, 5.41) is 0. The largest absolute Gasteiger partial charge is 0.456 e. The first-order valence-electron chi connectivity index (χ1n) is 4.97. The van der Waals surface area contributed by atoms with E-state index in [1.807, 2.05) is 0 Å². The van der Waals surface area contributed by atoms with Gasteiger partial charge < -0.3 is 4.74 Å². The normalized spacial score (nSPS) is 12.4. The number of ether oxygens (including phenoxy) is 1. The quantitative estimate of drug-likeness (QED) is 0.578. The molecule has 7 heteroatoms. The number of halogens is 4. The maximum atomic E-state index is 13.4. The van der Waals surface area contributed by atoms with E-state index in [9.17, 15) is 22.4 Å². The Balaban J connectivity index is 3.27. The van der Waals surface area contributed by atoms with E-state index in [1.165, 1.54) is 20.8 Å². The van der Waals surface area contributed by atoms with Gasteiger partial charge in [0, 0.05) is 6.20 Å². The van der Waals surface area contributed by atoms with Crippen LogP contribution in [-0.4, -0.2) is 16.6 Å². The molecular formula is C11H11F4NO2. The van der Waals surface area contributed by atoms with Crippen LogP contribution in [-0.2, 0) is 10.9 Å². The van der Waals surface area contributed by atoms with Crippen LogP contribution in [0.3, 0.4) is 0 Å². The fourth-order valence-corrected chi connectivity index (χ4v) is 1.18. The molecule has 0 bridgehead atoms. The monoisotopic (exact) mass is 265 g/mol. The Morgan fingerprint density at radius 1 is 1.28 bits per heavy atom. The van der Waals surface area contributed by atoms with Gasteiger partial charge in [0.25, 0.3) is 0 Å². The lowest BCUT2D eigenvalue weighted by atomic mass is 10.1. The van der Waals surface area contributed by atoms with Crippen LogP contribution in [0.25, 0.3) is 0 Å². The minimum absolute atomic E-state index is 0.645. The summed E-state index contributed by atoms with van der Waals surface area (Å²) >= 11 is 0. The molecule has 0 aromatic carbocycles. The first-order chi connectivity index (χ1) is 8.02. The predicted molar refractivity (Wildman–Crippen MR) is 54.4 cm³/mol. The Morgan fingerprint density at radius 3 is 2.28 bits per heavy atom. The molecular weight excluding hydrogens is 254 g/mol. The lowest BCUT2D eigenvalue weighted by Crippen LogP contribution is -2.27. The number of esters is 1. The Morgan fingerprint density at radius 2 is 1.83 bits per heavy atom. The van der Waals surface area contributed by atoms with Crippen LogP contribution in [0.5, 0.6) is 0 Å². The van der Waals surface area contributed by atoms with Crippen molar-refractivity contribution in [3.63, 3.8) is 0 Å². The molecule has 0 aliphatic heterocycles. The zero-order valence-corrected chi connectivity index (χ0v) is 9.93. The van der Waals surface area contributed by atoms with E-state index in [4.69, 9.17) is 4.74 Å². The average molecular weight is 265 g/mol. The number of rotatable bonds is 1. The van der Waals surface area contributed by atoms with Crippen LogP contribution in [0.4, 0.5) is 17.6 Å². The van der Waals surface area contributed by atoms with Crippen molar-refractivity contribution in [2.75, 3.05) is 0 Å². The summed E-state index contributed by atoms with van der Waals surface area (Å²) in [7, 11) is 0. The van der Waals surface area contributed by atoms with Crippen LogP contribution in [0.15, 0.2) is 12.3 Å². The molecule has 0 unspecified atom stereocenters. The van der Waals surface area contributed by atoms with Crippen molar-refractivity contribution in [2.24, 2.45) is 0 Å². The zero-order chi connectivity index (χ0) is 14.1. The SMILES string of the molecule is CC(C)(C)OC(=O)c1c(F)ccnc1C(F)(F)F. The fraction of sp³-hybridized carbons (Fsp3) is 0.455. The molecule has 0 radical (unpaired) electrons. The summed E-state index contributed by atoms with van der Waals surface area (Å²) in [4.78, 5) is 14.5. The number of nitrogens with zero attached hydrogens (tertiary/aromatic N) is 1. The first kappa shape index (κ1) is 14.4. The van der Waals surface area contributed by atoms with Crippen molar-refractivity contribution in [2.45, 2.75) is 32.5 Å². The zero-order valence-electron chi connectivity index (χ0n) is 9.93. The summed E-state index contributed by atoms with van der Waals surface area (Å²) in [5.41, 5.74) is -3.81. The molecule has 18 heavy (non-hydrogen) atoms. The van der Waals surface area contributed by atoms with E-state index in [2.05, 4.69) is 4.98 Å². The molecule has 0 N–H and O–H groups in total.